The first-order valence-corrected chi connectivity index (χ1v) is 9.93. The van der Waals surface area contributed by atoms with Gasteiger partial charge in [-0.3, -0.25) is 10.1 Å². The lowest BCUT2D eigenvalue weighted by molar-refractivity contribution is -0.123. The van der Waals surface area contributed by atoms with E-state index in [1.807, 2.05) is 20.8 Å². The van der Waals surface area contributed by atoms with Crippen molar-refractivity contribution < 1.29 is 4.79 Å². The van der Waals surface area contributed by atoms with Crippen LogP contribution in [0.5, 0.6) is 0 Å². The first-order valence-electron chi connectivity index (χ1n) is 9.05. The van der Waals surface area contributed by atoms with Crippen LogP contribution >= 0.6 is 11.3 Å². The van der Waals surface area contributed by atoms with Gasteiger partial charge in [-0.25, -0.2) is 0 Å². The second-order valence-electron chi connectivity index (χ2n) is 7.34. The smallest absolute Gasteiger partial charge is 0.237 e. The quantitative estimate of drug-likeness (QED) is 0.727. The van der Waals surface area contributed by atoms with Crippen LogP contribution in [0.2, 0.25) is 0 Å². The number of benzene rings is 1. The van der Waals surface area contributed by atoms with Gasteiger partial charge in [-0.15, -0.1) is 11.3 Å². The van der Waals surface area contributed by atoms with Crippen molar-refractivity contribution in [1.29, 1.82) is 0 Å². The summed E-state index contributed by atoms with van der Waals surface area (Å²) in [6.45, 7) is 10.4. The molecule has 3 nitrogen and oxygen atoms in total. The van der Waals surface area contributed by atoms with Crippen LogP contribution in [0, 0.1) is 5.92 Å². The van der Waals surface area contributed by atoms with E-state index in [9.17, 15) is 4.79 Å². The molecule has 136 valence electrons. The van der Waals surface area contributed by atoms with Crippen LogP contribution in [-0.4, -0.2) is 18.0 Å². The molecule has 2 aromatic rings. The maximum atomic E-state index is 12.3. The van der Waals surface area contributed by atoms with Crippen LogP contribution < -0.4 is 10.6 Å². The molecule has 0 spiro atoms. The summed E-state index contributed by atoms with van der Waals surface area (Å²) in [5.74, 6) is 0.685. The fourth-order valence-corrected chi connectivity index (χ4v) is 3.66. The average molecular weight is 359 g/mol. The molecule has 0 aliphatic heterocycles. The maximum Gasteiger partial charge on any atom is 0.237 e. The van der Waals surface area contributed by atoms with Crippen LogP contribution in [0.3, 0.4) is 0 Å². The molecule has 0 radical (unpaired) electrons. The Bertz CT molecular complexity index is 647. The maximum absolute atomic E-state index is 12.3. The fraction of sp³-hybridized carbons (Fsp3) is 0.476. The predicted octanol–water partition coefficient (Wildman–Crippen LogP) is 4.54. The Morgan fingerprint density at radius 1 is 1.04 bits per heavy atom. The first-order chi connectivity index (χ1) is 11.9. The molecule has 2 N–H and O–H groups in total. The SMILES string of the molecule is CC(C)Cc1ccc([C@H](N[C@@H](C)C(=O)NC(C)C)c2cccs2)cc1. The second kappa shape index (κ2) is 9.16. The third-order valence-corrected chi connectivity index (χ3v) is 4.96. The van der Waals surface area contributed by atoms with Gasteiger partial charge in [0.05, 0.1) is 12.1 Å². The molecule has 2 atom stereocenters. The Hall–Kier alpha value is -1.65. The highest BCUT2D eigenvalue weighted by Gasteiger charge is 2.21. The third kappa shape index (κ3) is 5.98. The number of nitrogens with one attached hydrogen (secondary N) is 2. The molecule has 0 bridgehead atoms. The van der Waals surface area contributed by atoms with Crippen molar-refractivity contribution in [1.82, 2.24) is 10.6 Å². The molecule has 1 heterocycles. The molecule has 1 aromatic heterocycles. The minimum Gasteiger partial charge on any atom is -0.353 e. The molecule has 0 saturated heterocycles. The zero-order valence-corrected chi connectivity index (χ0v) is 16.7. The van der Waals surface area contributed by atoms with E-state index in [0.717, 1.165) is 6.42 Å². The van der Waals surface area contributed by atoms with Gasteiger partial charge < -0.3 is 5.32 Å². The zero-order chi connectivity index (χ0) is 18.4. The van der Waals surface area contributed by atoms with Crippen LogP contribution in [-0.2, 0) is 11.2 Å². The minimum atomic E-state index is -0.259. The molecule has 0 fully saturated rings. The highest BCUT2D eigenvalue weighted by Crippen LogP contribution is 2.27. The van der Waals surface area contributed by atoms with Crippen molar-refractivity contribution in [3.8, 4) is 0 Å². The Kier molecular flexibility index (Phi) is 7.21. The Labute approximate surface area is 155 Å². The monoisotopic (exact) mass is 358 g/mol. The summed E-state index contributed by atoms with van der Waals surface area (Å²) in [5.41, 5.74) is 2.55. The molecule has 1 aromatic carbocycles. The highest BCUT2D eigenvalue weighted by molar-refractivity contribution is 7.10. The summed E-state index contributed by atoms with van der Waals surface area (Å²) in [6.07, 6.45) is 1.09. The lowest BCUT2D eigenvalue weighted by Crippen LogP contribution is -2.45. The van der Waals surface area contributed by atoms with Gasteiger partial charge in [0, 0.05) is 10.9 Å². The summed E-state index contributed by atoms with van der Waals surface area (Å²) >= 11 is 1.71. The van der Waals surface area contributed by atoms with Gasteiger partial charge in [-0.2, -0.15) is 0 Å². The molecule has 25 heavy (non-hydrogen) atoms. The van der Waals surface area contributed by atoms with Crippen LogP contribution in [0.1, 0.15) is 56.7 Å². The average Bonchev–Trinajstić information content (AvgIpc) is 3.06. The van der Waals surface area contributed by atoms with Crippen LogP contribution in [0.25, 0.3) is 0 Å². The van der Waals surface area contributed by atoms with Gasteiger partial charge >= 0.3 is 0 Å². The Balaban J connectivity index is 2.18. The predicted molar refractivity (Wildman–Crippen MR) is 107 cm³/mol. The lowest BCUT2D eigenvalue weighted by Gasteiger charge is -2.23. The molecule has 2 rings (SSSR count). The van der Waals surface area contributed by atoms with Gasteiger partial charge in [0.2, 0.25) is 5.91 Å². The van der Waals surface area contributed by atoms with Gasteiger partial charge in [0.25, 0.3) is 0 Å². The molecule has 1 amide bonds. The van der Waals surface area contributed by atoms with E-state index in [-0.39, 0.29) is 24.0 Å². The standard InChI is InChI=1S/C21H30N2OS/c1-14(2)13-17-8-10-18(11-9-17)20(19-7-6-12-25-19)23-16(5)21(24)22-15(3)4/h6-12,14-16,20,23H,13H2,1-5H3,(H,22,24)/t16-,20-/m0/s1. The molecule has 0 saturated carbocycles. The van der Waals surface area contributed by atoms with Crippen molar-refractivity contribution in [2.75, 3.05) is 0 Å². The van der Waals surface area contributed by atoms with Gasteiger partial charge in [-0.1, -0.05) is 44.2 Å². The van der Waals surface area contributed by atoms with Crippen molar-refractivity contribution in [2.24, 2.45) is 5.92 Å². The number of carbonyl (C=O) groups is 1. The number of hydrogen-bond donors (Lipinski definition) is 2. The second-order valence-corrected chi connectivity index (χ2v) is 8.32. The third-order valence-electron chi connectivity index (χ3n) is 4.03. The molecule has 0 aliphatic carbocycles. The van der Waals surface area contributed by atoms with Gasteiger partial charge in [0.15, 0.2) is 0 Å². The summed E-state index contributed by atoms with van der Waals surface area (Å²) in [6, 6.07) is 12.9. The van der Waals surface area contributed by atoms with E-state index in [2.05, 4.69) is 66.3 Å². The fourth-order valence-electron chi connectivity index (χ4n) is 2.85. The van der Waals surface area contributed by atoms with Gasteiger partial charge in [-0.05, 0) is 55.7 Å². The van der Waals surface area contributed by atoms with E-state index < -0.39 is 0 Å². The van der Waals surface area contributed by atoms with Crippen LogP contribution in [0.15, 0.2) is 41.8 Å². The molecular formula is C21H30N2OS. The summed E-state index contributed by atoms with van der Waals surface area (Å²) < 4.78 is 0. The molecule has 0 unspecified atom stereocenters. The van der Waals surface area contributed by atoms with Gasteiger partial charge in [0.1, 0.15) is 0 Å². The highest BCUT2D eigenvalue weighted by atomic mass is 32.1. The number of rotatable bonds is 8. The Morgan fingerprint density at radius 3 is 2.24 bits per heavy atom. The first kappa shape index (κ1) is 19.7. The van der Waals surface area contributed by atoms with E-state index >= 15 is 0 Å². The number of hydrogen-bond acceptors (Lipinski definition) is 3. The van der Waals surface area contributed by atoms with Crippen molar-refractivity contribution >= 4 is 17.2 Å². The summed E-state index contributed by atoms with van der Waals surface area (Å²) in [7, 11) is 0. The topological polar surface area (TPSA) is 41.1 Å². The van der Waals surface area contributed by atoms with E-state index in [0.29, 0.717) is 5.92 Å². The van der Waals surface area contributed by atoms with Crippen molar-refractivity contribution in [3.63, 3.8) is 0 Å². The summed E-state index contributed by atoms with van der Waals surface area (Å²) in [4.78, 5) is 13.5. The lowest BCUT2D eigenvalue weighted by atomic mass is 9.98. The van der Waals surface area contributed by atoms with E-state index in [4.69, 9.17) is 0 Å². The van der Waals surface area contributed by atoms with Crippen molar-refractivity contribution in [3.05, 3.63) is 57.8 Å². The molecule has 0 aliphatic rings. The minimum absolute atomic E-state index is 0.0287. The summed E-state index contributed by atoms with van der Waals surface area (Å²) in [5, 5.41) is 8.56. The zero-order valence-electron chi connectivity index (χ0n) is 15.9. The Morgan fingerprint density at radius 2 is 1.72 bits per heavy atom. The normalized spacial score (nSPS) is 13.9. The number of amides is 1. The number of thiophene rings is 1. The number of carbonyl (C=O) groups excluding carboxylic acids is 1. The van der Waals surface area contributed by atoms with E-state index in [1.54, 1.807) is 11.3 Å². The molecule has 4 heteroatoms. The van der Waals surface area contributed by atoms with E-state index in [1.165, 1.54) is 16.0 Å². The van der Waals surface area contributed by atoms with Crippen molar-refractivity contribution in [2.45, 2.75) is 59.2 Å². The molecular weight excluding hydrogens is 328 g/mol. The largest absolute Gasteiger partial charge is 0.353 e. The van der Waals surface area contributed by atoms with Crippen LogP contribution in [0.4, 0.5) is 0 Å².